The first-order chi connectivity index (χ1) is 9.78. The lowest BCUT2D eigenvalue weighted by Gasteiger charge is -2.40. The summed E-state index contributed by atoms with van der Waals surface area (Å²) in [5.41, 5.74) is 0. The molecule has 3 heterocycles. The van der Waals surface area contributed by atoms with Crippen LogP contribution in [0.2, 0.25) is 0 Å². The van der Waals surface area contributed by atoms with Crippen LogP contribution in [-0.4, -0.2) is 37.8 Å². The van der Waals surface area contributed by atoms with E-state index in [2.05, 4.69) is 20.3 Å². The molecule has 1 aromatic rings. The highest BCUT2D eigenvalue weighted by atomic mass is 16.2. The number of nitrogens with one attached hydrogen (secondary N) is 1. The first-order valence-corrected chi connectivity index (χ1v) is 7.76. The highest BCUT2D eigenvalue weighted by Gasteiger charge is 2.35. The summed E-state index contributed by atoms with van der Waals surface area (Å²) in [7, 11) is 0. The molecule has 0 unspecified atom stereocenters. The van der Waals surface area contributed by atoms with Crippen molar-refractivity contribution in [3.8, 4) is 0 Å². The monoisotopic (exact) mass is 277 g/mol. The van der Waals surface area contributed by atoms with Gasteiger partial charge in [0.1, 0.15) is 6.33 Å². The molecule has 0 saturated carbocycles. The van der Waals surface area contributed by atoms with Crippen molar-refractivity contribution in [2.45, 2.75) is 70.5 Å². The van der Waals surface area contributed by atoms with Gasteiger partial charge in [0, 0.05) is 18.6 Å². The van der Waals surface area contributed by atoms with Crippen molar-refractivity contribution in [3.05, 3.63) is 6.33 Å². The molecular weight excluding hydrogens is 254 g/mol. The largest absolute Gasteiger partial charge is 0.324 e. The van der Waals surface area contributed by atoms with Crippen molar-refractivity contribution in [2.24, 2.45) is 0 Å². The van der Waals surface area contributed by atoms with Crippen LogP contribution in [-0.2, 0) is 6.54 Å². The number of fused-ring (bicyclic) bond motifs is 2. The number of carbonyl (C=O) groups excluding carboxylic acids is 1. The fraction of sp³-hybridized carbons (Fsp3) is 0.786. The van der Waals surface area contributed by atoms with Crippen LogP contribution in [0.3, 0.4) is 0 Å². The second-order valence-corrected chi connectivity index (χ2v) is 5.78. The molecule has 2 fully saturated rings. The van der Waals surface area contributed by atoms with Crippen LogP contribution >= 0.6 is 0 Å². The molecule has 2 amide bonds. The molecule has 1 aromatic heterocycles. The van der Waals surface area contributed by atoms with Crippen LogP contribution in [0.4, 0.5) is 10.7 Å². The zero-order valence-corrected chi connectivity index (χ0v) is 12.1. The van der Waals surface area contributed by atoms with Crippen molar-refractivity contribution < 1.29 is 4.79 Å². The van der Waals surface area contributed by atoms with E-state index in [0.29, 0.717) is 18.0 Å². The summed E-state index contributed by atoms with van der Waals surface area (Å²) in [4.78, 5) is 18.8. The van der Waals surface area contributed by atoms with E-state index in [0.717, 1.165) is 32.2 Å². The number of aryl methyl sites for hydroxylation is 1. The molecule has 110 valence electrons. The first kappa shape index (κ1) is 13.4. The molecule has 20 heavy (non-hydrogen) atoms. The third-order valence-corrected chi connectivity index (χ3v) is 4.50. The van der Waals surface area contributed by atoms with Crippen LogP contribution in [0.25, 0.3) is 0 Å². The highest BCUT2D eigenvalue weighted by molar-refractivity contribution is 5.88. The van der Waals surface area contributed by atoms with Gasteiger partial charge in [-0.15, -0.1) is 5.10 Å². The van der Waals surface area contributed by atoms with Gasteiger partial charge < -0.3 is 4.90 Å². The number of anilines is 1. The number of carbonyl (C=O) groups is 1. The Morgan fingerprint density at radius 2 is 1.90 bits per heavy atom. The van der Waals surface area contributed by atoms with E-state index in [9.17, 15) is 4.79 Å². The number of hydrogen-bond donors (Lipinski definition) is 1. The molecule has 6 nitrogen and oxygen atoms in total. The van der Waals surface area contributed by atoms with Crippen molar-refractivity contribution in [2.75, 3.05) is 5.32 Å². The van der Waals surface area contributed by atoms with Crippen LogP contribution in [0.5, 0.6) is 0 Å². The van der Waals surface area contributed by atoms with Gasteiger partial charge in [0.15, 0.2) is 0 Å². The normalized spacial score (nSPS) is 26.1. The SMILES string of the molecule is CCn1cnc(NC(=O)N2[C@H]3CCCC[C@H]2CCC3)n1. The molecule has 1 N–H and O–H groups in total. The molecule has 0 aliphatic carbocycles. The van der Waals surface area contributed by atoms with Crippen molar-refractivity contribution in [1.29, 1.82) is 0 Å². The van der Waals surface area contributed by atoms with Gasteiger partial charge in [-0.3, -0.25) is 10.00 Å². The molecule has 0 spiro atoms. The summed E-state index contributed by atoms with van der Waals surface area (Å²) in [6, 6.07) is 0.796. The topological polar surface area (TPSA) is 63.1 Å². The summed E-state index contributed by atoms with van der Waals surface area (Å²) in [6.07, 6.45) is 9.95. The first-order valence-electron chi connectivity index (χ1n) is 7.76. The van der Waals surface area contributed by atoms with Gasteiger partial charge in [0.05, 0.1) is 0 Å². The minimum Gasteiger partial charge on any atom is -0.318 e. The molecule has 0 radical (unpaired) electrons. The molecule has 2 bridgehead atoms. The summed E-state index contributed by atoms with van der Waals surface area (Å²) in [5, 5.41) is 7.09. The van der Waals surface area contributed by atoms with E-state index < -0.39 is 0 Å². The third-order valence-electron chi connectivity index (χ3n) is 4.50. The molecule has 2 atom stereocenters. The molecule has 3 rings (SSSR count). The van der Waals surface area contributed by atoms with Gasteiger partial charge >= 0.3 is 6.03 Å². The second kappa shape index (κ2) is 5.81. The Morgan fingerprint density at radius 3 is 2.50 bits per heavy atom. The van der Waals surface area contributed by atoms with Crippen LogP contribution < -0.4 is 5.32 Å². The number of aromatic nitrogens is 3. The zero-order chi connectivity index (χ0) is 13.9. The Kier molecular flexibility index (Phi) is 3.89. The maximum Gasteiger partial charge on any atom is 0.324 e. The summed E-state index contributed by atoms with van der Waals surface area (Å²) in [6.45, 7) is 2.76. The number of piperidine rings is 1. The van der Waals surface area contributed by atoms with E-state index in [4.69, 9.17) is 0 Å². The Morgan fingerprint density at radius 1 is 1.25 bits per heavy atom. The Balaban J connectivity index is 1.71. The van der Waals surface area contributed by atoms with E-state index >= 15 is 0 Å². The smallest absolute Gasteiger partial charge is 0.318 e. The number of rotatable bonds is 2. The average molecular weight is 277 g/mol. The second-order valence-electron chi connectivity index (χ2n) is 5.78. The van der Waals surface area contributed by atoms with E-state index in [1.165, 1.54) is 19.3 Å². The third kappa shape index (κ3) is 2.64. The zero-order valence-electron chi connectivity index (χ0n) is 12.1. The minimum absolute atomic E-state index is 0.0181. The lowest BCUT2D eigenvalue weighted by atomic mass is 9.95. The molecular formula is C14H23N5O. The van der Waals surface area contributed by atoms with Gasteiger partial charge in [-0.05, 0) is 39.0 Å². The Labute approximate surface area is 119 Å². The molecule has 0 aromatic carbocycles. The lowest BCUT2D eigenvalue weighted by Crippen LogP contribution is -2.50. The van der Waals surface area contributed by atoms with Crippen LogP contribution in [0, 0.1) is 0 Å². The molecule has 2 saturated heterocycles. The fourth-order valence-corrected chi connectivity index (χ4v) is 3.49. The molecule has 6 heteroatoms. The van der Waals surface area contributed by atoms with Gasteiger partial charge in [-0.1, -0.05) is 12.8 Å². The Hall–Kier alpha value is -1.59. The van der Waals surface area contributed by atoms with Crippen LogP contribution in [0.1, 0.15) is 51.9 Å². The maximum atomic E-state index is 12.6. The van der Waals surface area contributed by atoms with Gasteiger partial charge in [-0.2, -0.15) is 0 Å². The summed E-state index contributed by atoms with van der Waals surface area (Å²) < 4.78 is 1.72. The van der Waals surface area contributed by atoms with Gasteiger partial charge in [0.2, 0.25) is 5.95 Å². The van der Waals surface area contributed by atoms with Crippen molar-refractivity contribution in [1.82, 2.24) is 19.7 Å². The number of nitrogens with zero attached hydrogens (tertiary/aromatic N) is 4. The lowest BCUT2D eigenvalue weighted by molar-refractivity contribution is 0.119. The highest BCUT2D eigenvalue weighted by Crippen LogP contribution is 2.32. The Bertz CT molecular complexity index is 458. The molecule has 2 aliphatic rings. The number of urea groups is 1. The minimum atomic E-state index is -0.0181. The van der Waals surface area contributed by atoms with E-state index in [1.807, 2.05) is 6.92 Å². The van der Waals surface area contributed by atoms with E-state index in [1.54, 1.807) is 11.0 Å². The predicted molar refractivity (Wildman–Crippen MR) is 76.4 cm³/mol. The number of hydrogen-bond acceptors (Lipinski definition) is 3. The van der Waals surface area contributed by atoms with Gasteiger partial charge in [0.25, 0.3) is 0 Å². The summed E-state index contributed by atoms with van der Waals surface area (Å²) >= 11 is 0. The van der Waals surface area contributed by atoms with Crippen molar-refractivity contribution >= 4 is 12.0 Å². The van der Waals surface area contributed by atoms with Gasteiger partial charge in [-0.25, -0.2) is 9.78 Å². The molecule has 2 aliphatic heterocycles. The van der Waals surface area contributed by atoms with E-state index in [-0.39, 0.29) is 6.03 Å². The average Bonchev–Trinajstić information content (AvgIpc) is 2.86. The summed E-state index contributed by atoms with van der Waals surface area (Å²) in [5.74, 6) is 0.416. The fourth-order valence-electron chi connectivity index (χ4n) is 3.49. The number of amides is 2. The maximum absolute atomic E-state index is 12.6. The van der Waals surface area contributed by atoms with Crippen molar-refractivity contribution in [3.63, 3.8) is 0 Å². The van der Waals surface area contributed by atoms with Crippen LogP contribution in [0.15, 0.2) is 6.33 Å². The standard InChI is InChI=1S/C14H23N5O/c1-2-18-10-15-13(17-18)16-14(20)19-11-6-3-4-7-12(19)9-5-8-11/h10-12H,2-9H2,1H3,(H,16,17,20)/t11-,12-/m0/s1. The quantitative estimate of drug-likeness (QED) is 0.903. The predicted octanol–water partition coefficient (Wildman–Crippen LogP) is 2.63.